The molecular formula is C15H18N2O2. The molecule has 4 nitrogen and oxygen atoms in total. The van der Waals surface area contributed by atoms with E-state index >= 15 is 0 Å². The van der Waals surface area contributed by atoms with Gasteiger partial charge in [0.2, 0.25) is 6.39 Å². The molecule has 0 amide bonds. The van der Waals surface area contributed by atoms with E-state index in [0.717, 1.165) is 25.7 Å². The molecule has 0 saturated heterocycles. The zero-order chi connectivity index (χ0) is 13.3. The Morgan fingerprint density at radius 2 is 1.95 bits per heavy atom. The normalized spacial score (nSPS) is 10.5. The Hall–Kier alpha value is -1.97. The van der Waals surface area contributed by atoms with Crippen LogP contribution in [0.15, 0.2) is 41.2 Å². The number of carbonyl (C=O) groups is 1. The Balaban J connectivity index is 1.56. The predicted molar refractivity (Wildman–Crippen MR) is 71.6 cm³/mol. The average molecular weight is 258 g/mol. The summed E-state index contributed by atoms with van der Waals surface area (Å²) in [4.78, 5) is 15.5. The van der Waals surface area contributed by atoms with Crippen molar-refractivity contribution in [2.75, 3.05) is 0 Å². The second kappa shape index (κ2) is 7.46. The maximum atomic E-state index is 11.6. The highest BCUT2D eigenvalue weighted by molar-refractivity contribution is 5.79. The van der Waals surface area contributed by atoms with Gasteiger partial charge >= 0.3 is 0 Å². The van der Waals surface area contributed by atoms with Crippen LogP contribution in [-0.2, 0) is 17.6 Å². The minimum Gasteiger partial charge on any atom is -0.343 e. The molecule has 4 heteroatoms. The molecule has 0 aliphatic carbocycles. The maximum Gasteiger partial charge on any atom is 0.213 e. The van der Waals surface area contributed by atoms with Crippen molar-refractivity contribution in [3.8, 4) is 0 Å². The maximum absolute atomic E-state index is 11.6. The zero-order valence-corrected chi connectivity index (χ0v) is 10.9. The molecule has 0 spiro atoms. The first kappa shape index (κ1) is 13.5. The van der Waals surface area contributed by atoms with Gasteiger partial charge in [-0.05, 0) is 24.8 Å². The highest BCUT2D eigenvalue weighted by Crippen LogP contribution is 2.08. The largest absolute Gasteiger partial charge is 0.343 e. The quantitative estimate of drug-likeness (QED) is 0.683. The van der Waals surface area contributed by atoms with Gasteiger partial charge in [0.15, 0.2) is 5.82 Å². The number of aryl methyl sites for hydroxylation is 1. The van der Waals surface area contributed by atoms with Crippen molar-refractivity contribution in [2.24, 2.45) is 0 Å². The molecule has 1 aromatic carbocycles. The number of benzene rings is 1. The third kappa shape index (κ3) is 5.04. The van der Waals surface area contributed by atoms with E-state index in [0.29, 0.717) is 12.2 Å². The van der Waals surface area contributed by atoms with Gasteiger partial charge in [0.1, 0.15) is 5.78 Å². The second-order valence-electron chi connectivity index (χ2n) is 4.61. The molecule has 0 aliphatic heterocycles. The molecule has 0 atom stereocenters. The van der Waals surface area contributed by atoms with Crippen molar-refractivity contribution >= 4 is 5.78 Å². The van der Waals surface area contributed by atoms with E-state index in [2.05, 4.69) is 38.9 Å². The van der Waals surface area contributed by atoms with Crippen LogP contribution in [0, 0.1) is 0 Å². The molecule has 1 heterocycles. The Morgan fingerprint density at radius 3 is 2.68 bits per heavy atom. The summed E-state index contributed by atoms with van der Waals surface area (Å²) < 4.78 is 4.59. The van der Waals surface area contributed by atoms with Crippen LogP contribution in [-0.4, -0.2) is 15.9 Å². The molecule has 2 aromatic rings. The molecule has 19 heavy (non-hydrogen) atoms. The van der Waals surface area contributed by atoms with Crippen LogP contribution in [0.1, 0.15) is 37.1 Å². The van der Waals surface area contributed by atoms with Gasteiger partial charge in [-0.25, -0.2) is 0 Å². The molecule has 0 radical (unpaired) electrons. The third-order valence-corrected chi connectivity index (χ3v) is 3.03. The van der Waals surface area contributed by atoms with Crippen molar-refractivity contribution < 1.29 is 9.32 Å². The lowest BCUT2D eigenvalue weighted by atomic mass is 10.0. The summed E-state index contributed by atoms with van der Waals surface area (Å²) in [6.07, 6.45) is 6.36. The minimum atomic E-state index is 0.182. The second-order valence-corrected chi connectivity index (χ2v) is 4.61. The number of ketones is 1. The summed E-state index contributed by atoms with van der Waals surface area (Å²) in [5.74, 6) is 0.662. The summed E-state index contributed by atoms with van der Waals surface area (Å²) in [6.45, 7) is 0. The van der Waals surface area contributed by atoms with Crippen LogP contribution in [0.2, 0.25) is 0 Å². The van der Waals surface area contributed by atoms with E-state index in [1.807, 2.05) is 6.07 Å². The molecule has 0 aliphatic rings. The first-order chi connectivity index (χ1) is 9.34. The summed E-state index contributed by atoms with van der Waals surface area (Å²) in [5, 5.41) is 3.63. The van der Waals surface area contributed by atoms with Crippen molar-refractivity contribution in [3.05, 3.63) is 48.1 Å². The van der Waals surface area contributed by atoms with Gasteiger partial charge < -0.3 is 4.52 Å². The Labute approximate surface area is 112 Å². The fourth-order valence-corrected chi connectivity index (χ4v) is 2.01. The molecule has 2 rings (SSSR count). The molecule has 0 bridgehead atoms. The van der Waals surface area contributed by atoms with Crippen molar-refractivity contribution in [1.29, 1.82) is 0 Å². The molecule has 0 unspecified atom stereocenters. The van der Waals surface area contributed by atoms with E-state index < -0.39 is 0 Å². The van der Waals surface area contributed by atoms with E-state index in [1.54, 1.807) is 0 Å². The van der Waals surface area contributed by atoms with E-state index in [-0.39, 0.29) is 12.2 Å². The average Bonchev–Trinajstić information content (AvgIpc) is 2.92. The molecule has 100 valence electrons. The standard InChI is InChI=1S/C15H18N2O2/c18-14(11-15-16-12-19-17-15)10-6-2-5-9-13-7-3-1-4-8-13/h1,3-4,7-8,12H,2,5-6,9-11H2. The highest BCUT2D eigenvalue weighted by atomic mass is 16.5. The van der Waals surface area contributed by atoms with E-state index in [1.165, 1.54) is 12.0 Å². The Morgan fingerprint density at radius 1 is 1.11 bits per heavy atom. The number of hydrogen-bond acceptors (Lipinski definition) is 4. The van der Waals surface area contributed by atoms with Crippen LogP contribution in [0.4, 0.5) is 0 Å². The van der Waals surface area contributed by atoms with Crippen LogP contribution >= 0.6 is 0 Å². The Kier molecular flexibility index (Phi) is 5.29. The van der Waals surface area contributed by atoms with Crippen molar-refractivity contribution in [1.82, 2.24) is 10.1 Å². The first-order valence-corrected chi connectivity index (χ1v) is 6.65. The monoisotopic (exact) mass is 258 g/mol. The van der Waals surface area contributed by atoms with Gasteiger partial charge in [-0.3, -0.25) is 4.79 Å². The fraction of sp³-hybridized carbons (Fsp3) is 0.400. The minimum absolute atomic E-state index is 0.182. The lowest BCUT2D eigenvalue weighted by Gasteiger charge is -2.01. The third-order valence-electron chi connectivity index (χ3n) is 3.03. The lowest BCUT2D eigenvalue weighted by Crippen LogP contribution is -2.04. The van der Waals surface area contributed by atoms with Gasteiger partial charge in [-0.15, -0.1) is 0 Å². The van der Waals surface area contributed by atoms with Crippen LogP contribution in [0.5, 0.6) is 0 Å². The zero-order valence-electron chi connectivity index (χ0n) is 10.9. The number of aromatic nitrogens is 2. The number of nitrogens with zero attached hydrogens (tertiary/aromatic N) is 2. The summed E-state index contributed by atoms with van der Waals surface area (Å²) in [6, 6.07) is 10.4. The topological polar surface area (TPSA) is 56.0 Å². The number of unbranched alkanes of at least 4 members (excludes halogenated alkanes) is 2. The van der Waals surface area contributed by atoms with Gasteiger partial charge in [-0.1, -0.05) is 41.9 Å². The lowest BCUT2D eigenvalue weighted by molar-refractivity contribution is -0.118. The summed E-state index contributed by atoms with van der Waals surface area (Å²) >= 11 is 0. The molecule has 0 N–H and O–H groups in total. The summed E-state index contributed by atoms with van der Waals surface area (Å²) in [7, 11) is 0. The van der Waals surface area contributed by atoms with Gasteiger partial charge in [0.25, 0.3) is 0 Å². The smallest absolute Gasteiger partial charge is 0.213 e. The van der Waals surface area contributed by atoms with Gasteiger partial charge in [0, 0.05) is 6.42 Å². The number of Topliss-reactive ketones (excluding diaryl/α,β-unsaturated/α-hetero) is 1. The first-order valence-electron chi connectivity index (χ1n) is 6.65. The Bertz CT molecular complexity index is 480. The summed E-state index contributed by atoms with van der Waals surface area (Å²) in [5.41, 5.74) is 1.36. The molecule has 1 aromatic heterocycles. The van der Waals surface area contributed by atoms with Crippen molar-refractivity contribution in [2.45, 2.75) is 38.5 Å². The number of hydrogen-bond donors (Lipinski definition) is 0. The number of carbonyl (C=O) groups excluding carboxylic acids is 1. The van der Waals surface area contributed by atoms with Crippen LogP contribution in [0.3, 0.4) is 0 Å². The molecule has 0 fully saturated rings. The van der Waals surface area contributed by atoms with Gasteiger partial charge in [0.05, 0.1) is 6.42 Å². The molecule has 0 saturated carbocycles. The van der Waals surface area contributed by atoms with Gasteiger partial charge in [-0.2, -0.15) is 4.98 Å². The SMILES string of the molecule is O=C(CCCCCc1ccccc1)Cc1ncon1. The number of rotatable bonds is 8. The highest BCUT2D eigenvalue weighted by Gasteiger charge is 2.06. The van der Waals surface area contributed by atoms with Crippen LogP contribution in [0.25, 0.3) is 0 Å². The molecular weight excluding hydrogens is 240 g/mol. The van der Waals surface area contributed by atoms with E-state index in [9.17, 15) is 4.79 Å². The van der Waals surface area contributed by atoms with Crippen LogP contribution < -0.4 is 0 Å². The fourth-order valence-electron chi connectivity index (χ4n) is 2.01. The van der Waals surface area contributed by atoms with Crippen molar-refractivity contribution in [3.63, 3.8) is 0 Å². The van der Waals surface area contributed by atoms with E-state index in [4.69, 9.17) is 0 Å². The predicted octanol–water partition coefficient (Wildman–Crippen LogP) is 2.98.